The number of ether oxygens (including phenoxy) is 2. The van der Waals surface area contributed by atoms with E-state index in [9.17, 15) is 4.79 Å². The normalized spacial score (nSPS) is 16.3. The molecular formula is C13H18N2O3. The Hall–Kier alpha value is -1.75. The number of nitrogens with one attached hydrogen (secondary N) is 1. The van der Waals surface area contributed by atoms with Crippen LogP contribution in [0.4, 0.5) is 11.4 Å². The topological polar surface area (TPSA) is 73.6 Å². The molecule has 1 aromatic rings. The number of benzene rings is 1. The highest BCUT2D eigenvalue weighted by Gasteiger charge is 2.22. The van der Waals surface area contributed by atoms with Crippen molar-refractivity contribution >= 4 is 17.3 Å². The fourth-order valence-corrected chi connectivity index (χ4v) is 2.02. The second-order valence-electron chi connectivity index (χ2n) is 4.34. The minimum Gasteiger partial charge on any atom is -0.495 e. The SMILES string of the molecule is COc1ccc(N)cc1NC(=O)C1CCOCC1. The summed E-state index contributed by atoms with van der Waals surface area (Å²) in [5.41, 5.74) is 6.92. The van der Waals surface area contributed by atoms with Crippen LogP contribution in [0.25, 0.3) is 0 Å². The third kappa shape index (κ3) is 2.92. The van der Waals surface area contributed by atoms with E-state index in [1.807, 2.05) is 0 Å². The first-order valence-electron chi connectivity index (χ1n) is 6.03. The van der Waals surface area contributed by atoms with Crippen LogP contribution in [-0.4, -0.2) is 26.2 Å². The molecule has 0 spiro atoms. The minimum atomic E-state index is 0.00204. The van der Waals surface area contributed by atoms with Crippen molar-refractivity contribution < 1.29 is 14.3 Å². The van der Waals surface area contributed by atoms with Gasteiger partial charge in [0, 0.05) is 24.8 Å². The van der Waals surface area contributed by atoms with Gasteiger partial charge >= 0.3 is 0 Å². The zero-order chi connectivity index (χ0) is 13.0. The molecule has 98 valence electrons. The van der Waals surface area contributed by atoms with E-state index in [0.29, 0.717) is 30.3 Å². The van der Waals surface area contributed by atoms with Gasteiger partial charge in [0.05, 0.1) is 12.8 Å². The molecule has 1 aromatic carbocycles. The van der Waals surface area contributed by atoms with E-state index in [0.717, 1.165) is 12.8 Å². The van der Waals surface area contributed by atoms with Crippen LogP contribution in [0.15, 0.2) is 18.2 Å². The zero-order valence-corrected chi connectivity index (χ0v) is 10.4. The van der Waals surface area contributed by atoms with E-state index in [-0.39, 0.29) is 11.8 Å². The number of hydrogen-bond donors (Lipinski definition) is 2. The van der Waals surface area contributed by atoms with E-state index in [1.54, 1.807) is 25.3 Å². The van der Waals surface area contributed by atoms with Crippen molar-refractivity contribution in [1.29, 1.82) is 0 Å². The van der Waals surface area contributed by atoms with Crippen LogP contribution in [0, 0.1) is 5.92 Å². The lowest BCUT2D eigenvalue weighted by Crippen LogP contribution is -2.28. The summed E-state index contributed by atoms with van der Waals surface area (Å²) in [6, 6.07) is 5.19. The highest BCUT2D eigenvalue weighted by Crippen LogP contribution is 2.27. The summed E-state index contributed by atoms with van der Waals surface area (Å²) in [5, 5.41) is 2.87. The van der Waals surface area contributed by atoms with E-state index in [1.165, 1.54) is 0 Å². The van der Waals surface area contributed by atoms with Gasteiger partial charge in [0.15, 0.2) is 0 Å². The van der Waals surface area contributed by atoms with Gasteiger partial charge in [0.2, 0.25) is 5.91 Å². The molecule has 1 aliphatic heterocycles. The molecule has 1 aliphatic rings. The summed E-state index contributed by atoms with van der Waals surface area (Å²) >= 11 is 0. The highest BCUT2D eigenvalue weighted by atomic mass is 16.5. The number of methoxy groups -OCH3 is 1. The van der Waals surface area contributed by atoms with Crippen LogP contribution in [0.1, 0.15) is 12.8 Å². The van der Waals surface area contributed by atoms with E-state index < -0.39 is 0 Å². The number of hydrogen-bond acceptors (Lipinski definition) is 4. The Morgan fingerprint density at radius 1 is 1.44 bits per heavy atom. The summed E-state index contributed by atoms with van der Waals surface area (Å²) in [7, 11) is 1.57. The average molecular weight is 250 g/mol. The van der Waals surface area contributed by atoms with E-state index >= 15 is 0 Å². The summed E-state index contributed by atoms with van der Waals surface area (Å²) in [5.74, 6) is 0.622. The molecule has 5 heteroatoms. The van der Waals surface area contributed by atoms with Crippen molar-refractivity contribution in [2.45, 2.75) is 12.8 Å². The smallest absolute Gasteiger partial charge is 0.227 e. The second kappa shape index (κ2) is 5.73. The Balaban J connectivity index is 2.07. The second-order valence-corrected chi connectivity index (χ2v) is 4.34. The van der Waals surface area contributed by atoms with Crippen LogP contribution in [0.5, 0.6) is 5.75 Å². The molecule has 18 heavy (non-hydrogen) atoms. The summed E-state index contributed by atoms with van der Waals surface area (Å²) < 4.78 is 10.4. The quantitative estimate of drug-likeness (QED) is 0.800. The van der Waals surface area contributed by atoms with Crippen LogP contribution in [0.2, 0.25) is 0 Å². The molecule has 1 heterocycles. The number of nitrogens with two attached hydrogens (primary N) is 1. The molecule has 0 atom stereocenters. The number of amides is 1. The van der Waals surface area contributed by atoms with Gasteiger partial charge in [-0.05, 0) is 31.0 Å². The van der Waals surface area contributed by atoms with Crippen LogP contribution >= 0.6 is 0 Å². The Bertz CT molecular complexity index is 428. The molecular weight excluding hydrogens is 232 g/mol. The summed E-state index contributed by atoms with van der Waals surface area (Å²) in [6.07, 6.45) is 1.52. The fraction of sp³-hybridized carbons (Fsp3) is 0.462. The Morgan fingerprint density at radius 2 is 2.17 bits per heavy atom. The third-order valence-corrected chi connectivity index (χ3v) is 3.07. The maximum Gasteiger partial charge on any atom is 0.227 e. The highest BCUT2D eigenvalue weighted by molar-refractivity contribution is 5.94. The molecule has 0 unspecified atom stereocenters. The standard InChI is InChI=1S/C13H18N2O3/c1-17-12-3-2-10(14)8-11(12)15-13(16)9-4-6-18-7-5-9/h2-3,8-9H,4-7,14H2,1H3,(H,15,16). The predicted octanol–water partition coefficient (Wildman–Crippen LogP) is 1.64. The lowest BCUT2D eigenvalue weighted by molar-refractivity contribution is -0.122. The van der Waals surface area contributed by atoms with Gasteiger partial charge in [-0.3, -0.25) is 4.79 Å². The van der Waals surface area contributed by atoms with Crippen molar-refractivity contribution in [3.05, 3.63) is 18.2 Å². The molecule has 3 N–H and O–H groups in total. The van der Waals surface area contributed by atoms with Gasteiger partial charge in [-0.2, -0.15) is 0 Å². The van der Waals surface area contributed by atoms with Crippen molar-refractivity contribution in [3.8, 4) is 5.75 Å². The Morgan fingerprint density at radius 3 is 2.83 bits per heavy atom. The lowest BCUT2D eigenvalue weighted by Gasteiger charge is -2.21. The van der Waals surface area contributed by atoms with Gasteiger partial charge in [-0.15, -0.1) is 0 Å². The third-order valence-electron chi connectivity index (χ3n) is 3.07. The average Bonchev–Trinajstić information content (AvgIpc) is 2.40. The lowest BCUT2D eigenvalue weighted by atomic mass is 9.99. The Kier molecular flexibility index (Phi) is 4.04. The number of anilines is 2. The fourth-order valence-electron chi connectivity index (χ4n) is 2.02. The monoisotopic (exact) mass is 250 g/mol. The molecule has 5 nitrogen and oxygen atoms in total. The van der Waals surface area contributed by atoms with Gasteiger partial charge in [0.25, 0.3) is 0 Å². The Labute approximate surface area is 106 Å². The van der Waals surface area contributed by atoms with Crippen molar-refractivity contribution in [2.75, 3.05) is 31.4 Å². The number of rotatable bonds is 3. The summed E-state index contributed by atoms with van der Waals surface area (Å²) in [6.45, 7) is 1.29. The van der Waals surface area contributed by atoms with Gasteiger partial charge in [-0.1, -0.05) is 0 Å². The first-order valence-corrected chi connectivity index (χ1v) is 6.03. The van der Waals surface area contributed by atoms with Gasteiger partial charge < -0.3 is 20.5 Å². The maximum absolute atomic E-state index is 12.1. The molecule has 1 fully saturated rings. The number of carbonyl (C=O) groups excluding carboxylic acids is 1. The first kappa shape index (κ1) is 12.7. The van der Waals surface area contributed by atoms with Crippen molar-refractivity contribution in [2.24, 2.45) is 5.92 Å². The van der Waals surface area contributed by atoms with E-state index in [4.69, 9.17) is 15.2 Å². The number of carbonyl (C=O) groups is 1. The minimum absolute atomic E-state index is 0.00204. The molecule has 1 amide bonds. The molecule has 0 aromatic heterocycles. The van der Waals surface area contributed by atoms with Crippen molar-refractivity contribution in [1.82, 2.24) is 0 Å². The maximum atomic E-state index is 12.1. The van der Waals surface area contributed by atoms with Crippen LogP contribution in [-0.2, 0) is 9.53 Å². The molecule has 1 saturated heterocycles. The largest absolute Gasteiger partial charge is 0.495 e. The molecule has 0 radical (unpaired) electrons. The molecule has 0 aliphatic carbocycles. The molecule has 0 saturated carbocycles. The zero-order valence-electron chi connectivity index (χ0n) is 10.4. The number of nitrogen functional groups attached to an aromatic ring is 1. The predicted molar refractivity (Wildman–Crippen MR) is 69.6 cm³/mol. The summed E-state index contributed by atoms with van der Waals surface area (Å²) in [4.78, 5) is 12.1. The van der Waals surface area contributed by atoms with Crippen LogP contribution < -0.4 is 15.8 Å². The van der Waals surface area contributed by atoms with Gasteiger partial charge in [-0.25, -0.2) is 0 Å². The van der Waals surface area contributed by atoms with E-state index in [2.05, 4.69) is 5.32 Å². The van der Waals surface area contributed by atoms with Crippen LogP contribution in [0.3, 0.4) is 0 Å². The molecule has 0 bridgehead atoms. The molecule has 2 rings (SSSR count). The first-order chi connectivity index (χ1) is 8.70. The van der Waals surface area contributed by atoms with Gasteiger partial charge in [0.1, 0.15) is 5.75 Å². The van der Waals surface area contributed by atoms with Crippen molar-refractivity contribution in [3.63, 3.8) is 0 Å².